The van der Waals surface area contributed by atoms with Crippen LogP contribution >= 0.6 is 0 Å². The lowest BCUT2D eigenvalue weighted by Crippen LogP contribution is -2.28. The SMILES string of the molecule is C=C(C(F)n1cc(NC)c(-c2ccccc2CC)n1)N1CCC(F)(F)C1. The van der Waals surface area contributed by atoms with Crippen LogP contribution < -0.4 is 5.32 Å². The lowest BCUT2D eigenvalue weighted by Gasteiger charge is -2.23. The second-order valence-electron chi connectivity index (χ2n) is 6.49. The molecule has 4 nitrogen and oxygen atoms in total. The number of alkyl halides is 3. The summed E-state index contributed by atoms with van der Waals surface area (Å²) in [7, 11) is 1.74. The number of halogens is 3. The zero-order chi connectivity index (χ0) is 18.9. The van der Waals surface area contributed by atoms with Gasteiger partial charge >= 0.3 is 0 Å². The first kappa shape index (κ1) is 18.4. The molecule has 1 aromatic carbocycles. The number of likely N-dealkylation sites (tertiary alicyclic amines) is 1. The second-order valence-corrected chi connectivity index (χ2v) is 6.49. The Morgan fingerprint density at radius 1 is 1.38 bits per heavy atom. The Hall–Kier alpha value is -2.44. The first-order chi connectivity index (χ1) is 12.4. The van der Waals surface area contributed by atoms with Gasteiger partial charge in [-0.2, -0.15) is 5.10 Å². The van der Waals surface area contributed by atoms with Gasteiger partial charge in [0.05, 0.1) is 24.1 Å². The third-order valence-electron chi connectivity index (χ3n) is 4.74. The average Bonchev–Trinajstić information content (AvgIpc) is 3.23. The molecule has 1 atom stereocenters. The van der Waals surface area contributed by atoms with E-state index in [0.717, 1.165) is 22.2 Å². The Labute approximate surface area is 151 Å². The van der Waals surface area contributed by atoms with Crippen molar-refractivity contribution in [1.82, 2.24) is 14.7 Å². The van der Waals surface area contributed by atoms with Crippen LogP contribution in [0.25, 0.3) is 11.3 Å². The van der Waals surface area contributed by atoms with Gasteiger partial charge in [-0.25, -0.2) is 17.9 Å². The van der Waals surface area contributed by atoms with Crippen molar-refractivity contribution in [2.75, 3.05) is 25.5 Å². The van der Waals surface area contributed by atoms with Gasteiger partial charge in [0.1, 0.15) is 5.69 Å². The van der Waals surface area contributed by atoms with Crippen LogP contribution in [0.3, 0.4) is 0 Å². The van der Waals surface area contributed by atoms with E-state index in [1.54, 1.807) is 13.2 Å². The molecule has 0 spiro atoms. The molecule has 26 heavy (non-hydrogen) atoms. The molecule has 0 radical (unpaired) electrons. The number of nitrogens with one attached hydrogen (secondary N) is 1. The van der Waals surface area contributed by atoms with Gasteiger partial charge in [0, 0.05) is 25.6 Å². The van der Waals surface area contributed by atoms with Gasteiger partial charge < -0.3 is 10.2 Å². The van der Waals surface area contributed by atoms with Crippen molar-refractivity contribution >= 4 is 5.69 Å². The number of hydrogen-bond acceptors (Lipinski definition) is 3. The molecule has 1 aliphatic heterocycles. The fourth-order valence-electron chi connectivity index (χ4n) is 3.23. The molecule has 7 heteroatoms. The molecule has 1 aromatic heterocycles. The topological polar surface area (TPSA) is 33.1 Å². The van der Waals surface area contributed by atoms with E-state index in [1.165, 1.54) is 4.90 Å². The lowest BCUT2D eigenvalue weighted by atomic mass is 10.0. The van der Waals surface area contributed by atoms with Crippen molar-refractivity contribution < 1.29 is 13.2 Å². The standard InChI is InChI=1S/C19H23F3N4/c1-4-14-7-5-6-8-15(14)17-16(23-3)11-26(24-17)18(20)13(2)25-10-9-19(21,22)12-25/h5-8,11,18,23H,2,4,9-10,12H2,1,3H3. The fraction of sp³-hybridized carbons (Fsp3) is 0.421. The highest BCUT2D eigenvalue weighted by atomic mass is 19.3. The number of rotatable bonds is 6. The number of nitrogens with zero attached hydrogens (tertiary/aromatic N) is 3. The van der Waals surface area contributed by atoms with E-state index >= 15 is 0 Å². The Kier molecular flexibility index (Phi) is 4.98. The smallest absolute Gasteiger partial charge is 0.266 e. The zero-order valence-electron chi connectivity index (χ0n) is 15.0. The van der Waals surface area contributed by atoms with Crippen molar-refractivity contribution in [3.05, 3.63) is 48.3 Å². The molecule has 1 N–H and O–H groups in total. The van der Waals surface area contributed by atoms with Crippen LogP contribution in [0.2, 0.25) is 0 Å². The maximum absolute atomic E-state index is 14.9. The summed E-state index contributed by atoms with van der Waals surface area (Å²) < 4.78 is 42.9. The quantitative estimate of drug-likeness (QED) is 0.821. The van der Waals surface area contributed by atoms with Gasteiger partial charge in [-0.05, 0) is 12.0 Å². The van der Waals surface area contributed by atoms with Crippen LogP contribution in [-0.2, 0) is 6.42 Å². The van der Waals surface area contributed by atoms with Gasteiger partial charge in [0.15, 0.2) is 0 Å². The van der Waals surface area contributed by atoms with Crippen LogP contribution in [-0.4, -0.2) is 40.7 Å². The molecule has 0 saturated carbocycles. The Morgan fingerprint density at radius 2 is 2.12 bits per heavy atom. The number of anilines is 1. The van der Waals surface area contributed by atoms with E-state index in [2.05, 4.69) is 17.0 Å². The Balaban J connectivity index is 1.90. The van der Waals surface area contributed by atoms with Gasteiger partial charge in [-0.15, -0.1) is 0 Å². The van der Waals surface area contributed by atoms with Crippen molar-refractivity contribution in [3.63, 3.8) is 0 Å². The third kappa shape index (κ3) is 3.43. The van der Waals surface area contributed by atoms with Gasteiger partial charge in [-0.3, -0.25) is 0 Å². The molecule has 0 aliphatic carbocycles. The number of aryl methyl sites for hydroxylation is 1. The van der Waals surface area contributed by atoms with E-state index in [9.17, 15) is 13.2 Å². The molecule has 140 valence electrons. The summed E-state index contributed by atoms with van der Waals surface area (Å²) in [4.78, 5) is 1.30. The van der Waals surface area contributed by atoms with Gasteiger partial charge in [0.2, 0.25) is 6.30 Å². The van der Waals surface area contributed by atoms with E-state index in [-0.39, 0.29) is 18.7 Å². The van der Waals surface area contributed by atoms with Crippen molar-refractivity contribution in [2.24, 2.45) is 0 Å². The van der Waals surface area contributed by atoms with Crippen LogP contribution in [0.1, 0.15) is 25.2 Å². The van der Waals surface area contributed by atoms with E-state index in [4.69, 9.17) is 0 Å². The van der Waals surface area contributed by atoms with Crippen LogP contribution in [0.5, 0.6) is 0 Å². The molecule has 1 saturated heterocycles. The minimum Gasteiger partial charge on any atom is -0.385 e. The largest absolute Gasteiger partial charge is 0.385 e. The van der Waals surface area contributed by atoms with Crippen molar-refractivity contribution in [3.8, 4) is 11.3 Å². The highest BCUT2D eigenvalue weighted by Crippen LogP contribution is 2.35. The highest BCUT2D eigenvalue weighted by molar-refractivity contribution is 5.76. The number of hydrogen-bond donors (Lipinski definition) is 1. The maximum Gasteiger partial charge on any atom is 0.266 e. The predicted octanol–water partition coefficient (Wildman–Crippen LogP) is 4.48. The lowest BCUT2D eigenvalue weighted by molar-refractivity contribution is 0.0131. The van der Waals surface area contributed by atoms with Crippen molar-refractivity contribution in [2.45, 2.75) is 32.0 Å². The minimum absolute atomic E-state index is 0.00246. The average molecular weight is 364 g/mol. The molecule has 0 bridgehead atoms. The summed E-state index contributed by atoms with van der Waals surface area (Å²) in [5.74, 6) is -2.80. The Morgan fingerprint density at radius 3 is 2.73 bits per heavy atom. The predicted molar refractivity (Wildman–Crippen MR) is 97.0 cm³/mol. The van der Waals surface area contributed by atoms with Crippen molar-refractivity contribution in [1.29, 1.82) is 0 Å². The summed E-state index contributed by atoms with van der Waals surface area (Å²) in [5.41, 5.74) is 3.33. The molecule has 3 rings (SSSR count). The normalized spacial score (nSPS) is 17.3. The molecule has 0 amide bonds. The molecule has 2 aromatic rings. The second kappa shape index (κ2) is 7.05. The third-order valence-corrected chi connectivity index (χ3v) is 4.74. The molecule has 1 aliphatic rings. The zero-order valence-corrected chi connectivity index (χ0v) is 15.0. The Bertz CT molecular complexity index is 800. The summed E-state index contributed by atoms with van der Waals surface area (Å²) in [6.45, 7) is 5.32. The molecule has 1 unspecified atom stereocenters. The molecular formula is C19H23F3N4. The first-order valence-corrected chi connectivity index (χ1v) is 8.67. The van der Waals surface area contributed by atoms with Gasteiger partial charge in [-0.1, -0.05) is 37.8 Å². The van der Waals surface area contributed by atoms with E-state index in [1.807, 2.05) is 31.2 Å². The number of aromatic nitrogens is 2. The number of benzene rings is 1. The monoisotopic (exact) mass is 364 g/mol. The summed E-state index contributed by atoms with van der Waals surface area (Å²) >= 11 is 0. The van der Waals surface area contributed by atoms with E-state index in [0.29, 0.717) is 11.4 Å². The number of allylic oxidation sites excluding steroid dienone is 1. The maximum atomic E-state index is 14.9. The minimum atomic E-state index is -2.80. The van der Waals surface area contributed by atoms with Gasteiger partial charge in [0.25, 0.3) is 5.92 Å². The van der Waals surface area contributed by atoms with E-state index < -0.39 is 18.8 Å². The first-order valence-electron chi connectivity index (χ1n) is 8.67. The molecule has 1 fully saturated rings. The summed E-state index contributed by atoms with van der Waals surface area (Å²) in [5, 5.41) is 7.42. The molecule has 2 heterocycles. The fourth-order valence-corrected chi connectivity index (χ4v) is 3.23. The van der Waals surface area contributed by atoms with Crippen LogP contribution in [0.4, 0.5) is 18.9 Å². The van der Waals surface area contributed by atoms with Crippen LogP contribution in [0.15, 0.2) is 42.7 Å². The van der Waals surface area contributed by atoms with Crippen LogP contribution in [0, 0.1) is 0 Å². The summed E-state index contributed by atoms with van der Waals surface area (Å²) in [6.07, 6.45) is 0.389. The summed E-state index contributed by atoms with van der Waals surface area (Å²) in [6, 6.07) is 7.80. The highest BCUT2D eigenvalue weighted by Gasteiger charge is 2.40. The molecular weight excluding hydrogens is 341 g/mol.